The van der Waals surface area contributed by atoms with Gasteiger partial charge in [-0.1, -0.05) is 31.2 Å². The van der Waals surface area contributed by atoms with Crippen LogP contribution in [-0.2, 0) is 11.2 Å². The summed E-state index contributed by atoms with van der Waals surface area (Å²) < 4.78 is 0. The number of hydrogen-bond acceptors (Lipinski definition) is 2. The lowest BCUT2D eigenvalue weighted by molar-refractivity contribution is -0.142. The zero-order valence-corrected chi connectivity index (χ0v) is 11.5. The van der Waals surface area contributed by atoms with E-state index in [1.165, 1.54) is 11.1 Å². The summed E-state index contributed by atoms with van der Waals surface area (Å²) in [5, 5.41) is 9.02. The van der Waals surface area contributed by atoms with Crippen LogP contribution < -0.4 is 0 Å². The molecule has 0 fully saturated rings. The van der Waals surface area contributed by atoms with Gasteiger partial charge in [0, 0.05) is 13.1 Å². The summed E-state index contributed by atoms with van der Waals surface area (Å²) in [6.45, 7) is 5.56. The molecule has 0 aliphatic carbocycles. The lowest BCUT2D eigenvalue weighted by Crippen LogP contribution is -2.31. The van der Waals surface area contributed by atoms with Crippen molar-refractivity contribution in [3.05, 3.63) is 35.4 Å². The summed E-state index contributed by atoms with van der Waals surface area (Å²) >= 11 is 0. The molecule has 0 spiro atoms. The molecule has 3 heteroatoms. The minimum absolute atomic E-state index is 0.258. The highest BCUT2D eigenvalue weighted by atomic mass is 16.4. The molecule has 0 saturated heterocycles. The number of aliphatic carboxylic acids is 1. The minimum atomic E-state index is -0.694. The third-order valence-electron chi connectivity index (χ3n) is 3.40. The Hall–Kier alpha value is -1.35. The van der Waals surface area contributed by atoms with Gasteiger partial charge in [-0.25, -0.2) is 0 Å². The maximum Gasteiger partial charge on any atom is 0.307 e. The highest BCUT2D eigenvalue weighted by molar-refractivity contribution is 5.70. The fourth-order valence-electron chi connectivity index (χ4n) is 2.05. The number of aryl methyl sites for hydroxylation is 1. The van der Waals surface area contributed by atoms with Crippen molar-refractivity contribution in [2.75, 3.05) is 20.1 Å². The van der Waals surface area contributed by atoms with Gasteiger partial charge in [-0.2, -0.15) is 0 Å². The molecule has 1 N–H and O–H groups in total. The van der Waals surface area contributed by atoms with Gasteiger partial charge in [-0.05, 0) is 37.9 Å². The summed E-state index contributed by atoms with van der Waals surface area (Å²) in [4.78, 5) is 13.1. The van der Waals surface area contributed by atoms with Crippen molar-refractivity contribution < 1.29 is 9.90 Å². The zero-order chi connectivity index (χ0) is 13.5. The fraction of sp³-hybridized carbons (Fsp3) is 0.533. The summed E-state index contributed by atoms with van der Waals surface area (Å²) in [5.74, 6) is -0.952. The monoisotopic (exact) mass is 249 g/mol. The average Bonchev–Trinajstić information content (AvgIpc) is 2.34. The van der Waals surface area contributed by atoms with Gasteiger partial charge in [0.15, 0.2) is 0 Å². The van der Waals surface area contributed by atoms with Crippen LogP contribution in [-0.4, -0.2) is 36.1 Å². The summed E-state index contributed by atoms with van der Waals surface area (Å²) in [7, 11) is 1.99. The highest BCUT2D eigenvalue weighted by Gasteiger charge is 2.16. The Labute approximate surface area is 109 Å². The van der Waals surface area contributed by atoms with Gasteiger partial charge in [0.2, 0.25) is 0 Å². The molecule has 1 aromatic rings. The predicted molar refractivity (Wildman–Crippen MR) is 73.8 cm³/mol. The number of rotatable bonds is 7. The molecule has 0 saturated carbocycles. The van der Waals surface area contributed by atoms with Gasteiger partial charge < -0.3 is 10.0 Å². The molecule has 0 radical (unpaired) electrons. The molecular weight excluding hydrogens is 226 g/mol. The Balaban J connectivity index is 2.44. The largest absolute Gasteiger partial charge is 0.481 e. The molecule has 0 aliphatic rings. The van der Waals surface area contributed by atoms with E-state index < -0.39 is 5.97 Å². The molecule has 3 nitrogen and oxygen atoms in total. The van der Waals surface area contributed by atoms with E-state index in [9.17, 15) is 4.79 Å². The van der Waals surface area contributed by atoms with Crippen LogP contribution in [0.1, 0.15) is 24.5 Å². The summed E-state index contributed by atoms with van der Waals surface area (Å²) in [6.07, 6.45) is 1.66. The summed E-state index contributed by atoms with van der Waals surface area (Å²) in [6, 6.07) is 8.34. The van der Waals surface area contributed by atoms with Gasteiger partial charge in [-0.15, -0.1) is 0 Å². The first kappa shape index (κ1) is 14.7. The second kappa shape index (κ2) is 7.17. The Bertz CT molecular complexity index is 390. The number of likely N-dealkylation sites (N-methyl/N-ethyl adjacent to an activating group) is 1. The van der Waals surface area contributed by atoms with E-state index in [1.807, 2.05) is 20.0 Å². The van der Waals surface area contributed by atoms with E-state index in [1.54, 1.807) is 0 Å². The molecule has 0 bridgehead atoms. The van der Waals surface area contributed by atoms with E-state index in [-0.39, 0.29) is 5.92 Å². The lowest BCUT2D eigenvalue weighted by Gasteiger charge is -2.20. The topological polar surface area (TPSA) is 40.5 Å². The molecule has 1 atom stereocenters. The minimum Gasteiger partial charge on any atom is -0.481 e. The number of carboxylic acids is 1. The van der Waals surface area contributed by atoms with Crippen molar-refractivity contribution in [2.24, 2.45) is 5.92 Å². The second-order valence-corrected chi connectivity index (χ2v) is 4.88. The number of carbonyl (C=O) groups is 1. The van der Waals surface area contributed by atoms with Crippen LogP contribution in [0.2, 0.25) is 0 Å². The first-order valence-electron chi connectivity index (χ1n) is 6.50. The summed E-state index contributed by atoms with van der Waals surface area (Å²) in [5.41, 5.74) is 2.64. The second-order valence-electron chi connectivity index (χ2n) is 4.88. The SMILES string of the molecule is CCC(CN(C)CCc1ccccc1C)C(=O)O. The molecule has 1 aromatic carbocycles. The Morgan fingerprint density at radius 1 is 1.39 bits per heavy atom. The standard InChI is InChI=1S/C15H23NO2/c1-4-13(15(17)18)11-16(3)10-9-14-8-6-5-7-12(14)2/h5-8,13H,4,9-11H2,1-3H3,(H,17,18). The third-order valence-corrected chi connectivity index (χ3v) is 3.40. The van der Waals surface area contributed by atoms with Gasteiger partial charge >= 0.3 is 5.97 Å². The Kier molecular flexibility index (Phi) is 5.86. The third kappa shape index (κ3) is 4.49. The number of benzene rings is 1. The average molecular weight is 249 g/mol. The first-order valence-corrected chi connectivity index (χ1v) is 6.50. The molecule has 0 amide bonds. The number of hydrogen-bond donors (Lipinski definition) is 1. The molecule has 18 heavy (non-hydrogen) atoms. The van der Waals surface area contributed by atoms with E-state index in [2.05, 4.69) is 30.0 Å². The predicted octanol–water partition coefficient (Wildman–Crippen LogP) is 2.58. The molecule has 1 unspecified atom stereocenters. The van der Waals surface area contributed by atoms with Gasteiger partial charge in [0.05, 0.1) is 5.92 Å². The number of carboxylic acid groups (broad SMARTS) is 1. The van der Waals surface area contributed by atoms with E-state index >= 15 is 0 Å². The zero-order valence-electron chi connectivity index (χ0n) is 11.5. The number of nitrogens with zero attached hydrogens (tertiary/aromatic N) is 1. The Morgan fingerprint density at radius 2 is 2.06 bits per heavy atom. The van der Waals surface area contributed by atoms with Crippen molar-refractivity contribution in [1.82, 2.24) is 4.90 Å². The maximum atomic E-state index is 11.0. The van der Waals surface area contributed by atoms with Crippen molar-refractivity contribution in [2.45, 2.75) is 26.7 Å². The normalized spacial score (nSPS) is 12.7. The molecule has 100 valence electrons. The van der Waals surface area contributed by atoms with Crippen LogP contribution in [0, 0.1) is 12.8 Å². The Morgan fingerprint density at radius 3 is 2.61 bits per heavy atom. The molecule has 0 aliphatic heterocycles. The van der Waals surface area contributed by atoms with E-state index in [0.717, 1.165) is 13.0 Å². The van der Waals surface area contributed by atoms with Crippen molar-refractivity contribution in [3.8, 4) is 0 Å². The van der Waals surface area contributed by atoms with Crippen LogP contribution in [0.4, 0.5) is 0 Å². The quantitative estimate of drug-likeness (QED) is 0.807. The van der Waals surface area contributed by atoms with Crippen molar-refractivity contribution >= 4 is 5.97 Å². The van der Waals surface area contributed by atoms with Gasteiger partial charge in [0.1, 0.15) is 0 Å². The smallest absolute Gasteiger partial charge is 0.307 e. The van der Waals surface area contributed by atoms with Crippen molar-refractivity contribution in [1.29, 1.82) is 0 Å². The molecular formula is C15H23NO2. The maximum absolute atomic E-state index is 11.0. The van der Waals surface area contributed by atoms with Crippen LogP contribution in [0.15, 0.2) is 24.3 Å². The van der Waals surface area contributed by atoms with Crippen molar-refractivity contribution in [3.63, 3.8) is 0 Å². The molecule has 0 heterocycles. The van der Waals surface area contributed by atoms with Crippen LogP contribution in [0.3, 0.4) is 0 Å². The van der Waals surface area contributed by atoms with Crippen LogP contribution >= 0.6 is 0 Å². The van der Waals surface area contributed by atoms with Crippen LogP contribution in [0.5, 0.6) is 0 Å². The first-order chi connectivity index (χ1) is 8.54. The van der Waals surface area contributed by atoms with Gasteiger partial charge in [-0.3, -0.25) is 4.79 Å². The highest BCUT2D eigenvalue weighted by Crippen LogP contribution is 2.10. The molecule has 1 rings (SSSR count). The fourth-order valence-corrected chi connectivity index (χ4v) is 2.05. The van der Waals surface area contributed by atoms with Crippen LogP contribution in [0.25, 0.3) is 0 Å². The lowest BCUT2D eigenvalue weighted by atomic mass is 10.0. The van der Waals surface area contributed by atoms with E-state index in [4.69, 9.17) is 5.11 Å². The molecule has 0 aromatic heterocycles. The van der Waals surface area contributed by atoms with Gasteiger partial charge in [0.25, 0.3) is 0 Å². The van der Waals surface area contributed by atoms with E-state index in [0.29, 0.717) is 13.0 Å².